The highest BCUT2D eigenvalue weighted by molar-refractivity contribution is 5.95. The molecule has 0 saturated carbocycles. The molecule has 1 saturated heterocycles. The predicted octanol–water partition coefficient (Wildman–Crippen LogP) is 3.10. The number of piperidine rings is 1. The van der Waals surface area contributed by atoms with Gasteiger partial charge in [-0.2, -0.15) is 0 Å². The Balaban J connectivity index is 1.51. The average Bonchev–Trinajstić information content (AvgIpc) is 3.21. The molecular formula is C20H24N2O4. The fourth-order valence-corrected chi connectivity index (χ4v) is 3.01. The van der Waals surface area contributed by atoms with Gasteiger partial charge in [0.15, 0.2) is 0 Å². The Kier molecular flexibility index (Phi) is 5.94. The van der Waals surface area contributed by atoms with Gasteiger partial charge in [-0.25, -0.2) is 0 Å². The van der Waals surface area contributed by atoms with Crippen LogP contribution in [0.15, 0.2) is 47.3 Å². The Morgan fingerprint density at radius 1 is 1.23 bits per heavy atom. The van der Waals surface area contributed by atoms with Crippen LogP contribution in [0.2, 0.25) is 0 Å². The number of rotatable bonds is 6. The molecule has 0 spiro atoms. The van der Waals surface area contributed by atoms with E-state index in [4.69, 9.17) is 9.15 Å². The maximum absolute atomic E-state index is 12.5. The van der Waals surface area contributed by atoms with Crippen molar-refractivity contribution in [2.75, 3.05) is 19.7 Å². The van der Waals surface area contributed by atoms with E-state index in [1.807, 2.05) is 19.1 Å². The quantitative estimate of drug-likeness (QED) is 0.863. The monoisotopic (exact) mass is 356 g/mol. The van der Waals surface area contributed by atoms with Crippen LogP contribution in [-0.4, -0.2) is 42.5 Å². The van der Waals surface area contributed by atoms with E-state index in [0.29, 0.717) is 36.6 Å². The van der Waals surface area contributed by atoms with E-state index in [-0.39, 0.29) is 17.9 Å². The first-order chi connectivity index (χ1) is 12.7. The van der Waals surface area contributed by atoms with Crippen molar-refractivity contribution < 1.29 is 18.7 Å². The van der Waals surface area contributed by atoms with Crippen LogP contribution in [0.3, 0.4) is 0 Å². The molecule has 1 fully saturated rings. The molecule has 0 aliphatic carbocycles. The summed E-state index contributed by atoms with van der Waals surface area (Å²) in [5, 5.41) is 3.06. The predicted molar refractivity (Wildman–Crippen MR) is 97.3 cm³/mol. The van der Waals surface area contributed by atoms with Crippen molar-refractivity contribution in [1.82, 2.24) is 10.2 Å². The maximum atomic E-state index is 12.5. The molecule has 2 aromatic rings. The Labute approximate surface area is 153 Å². The average molecular weight is 356 g/mol. The minimum absolute atomic E-state index is 0.0238. The van der Waals surface area contributed by atoms with Gasteiger partial charge in [-0.1, -0.05) is 13.0 Å². The first-order valence-corrected chi connectivity index (χ1v) is 9.02. The standard InChI is InChI=1S/C20H24N2O4/c1-2-11-26-18-5-3-4-15(13-18)19(23)21-17-6-9-22(10-7-17)20(24)16-8-12-25-14-16/h3-5,8,12-14,17H,2,6-7,9-11H2,1H3,(H,21,23). The van der Waals surface area contributed by atoms with Crippen molar-refractivity contribution >= 4 is 11.8 Å². The van der Waals surface area contributed by atoms with E-state index in [9.17, 15) is 9.59 Å². The zero-order valence-corrected chi connectivity index (χ0v) is 14.9. The molecule has 2 heterocycles. The van der Waals surface area contributed by atoms with Crippen molar-refractivity contribution in [2.24, 2.45) is 0 Å². The van der Waals surface area contributed by atoms with E-state index in [0.717, 1.165) is 19.3 Å². The second-order valence-corrected chi connectivity index (χ2v) is 6.43. The molecule has 0 atom stereocenters. The lowest BCUT2D eigenvalue weighted by Crippen LogP contribution is -2.46. The number of carbonyl (C=O) groups excluding carboxylic acids is 2. The Morgan fingerprint density at radius 3 is 2.73 bits per heavy atom. The highest BCUT2D eigenvalue weighted by Crippen LogP contribution is 2.17. The molecule has 1 aromatic heterocycles. The lowest BCUT2D eigenvalue weighted by Gasteiger charge is -2.32. The molecule has 1 aliphatic rings. The number of furan rings is 1. The molecule has 3 rings (SSSR count). The molecule has 2 amide bonds. The maximum Gasteiger partial charge on any atom is 0.257 e. The number of amides is 2. The lowest BCUT2D eigenvalue weighted by atomic mass is 10.0. The van der Waals surface area contributed by atoms with Crippen LogP contribution in [0.1, 0.15) is 46.9 Å². The summed E-state index contributed by atoms with van der Waals surface area (Å²) in [7, 11) is 0. The van der Waals surface area contributed by atoms with Crippen molar-refractivity contribution in [1.29, 1.82) is 0 Å². The summed E-state index contributed by atoms with van der Waals surface area (Å²) < 4.78 is 10.5. The zero-order valence-electron chi connectivity index (χ0n) is 14.9. The van der Waals surface area contributed by atoms with Gasteiger partial charge in [-0.15, -0.1) is 0 Å². The zero-order chi connectivity index (χ0) is 18.4. The molecule has 6 nitrogen and oxygen atoms in total. The molecule has 1 aliphatic heterocycles. The smallest absolute Gasteiger partial charge is 0.257 e. The van der Waals surface area contributed by atoms with Gasteiger partial charge < -0.3 is 19.4 Å². The summed E-state index contributed by atoms with van der Waals surface area (Å²) in [4.78, 5) is 26.6. The van der Waals surface area contributed by atoms with Gasteiger partial charge in [-0.05, 0) is 43.5 Å². The topological polar surface area (TPSA) is 71.8 Å². The van der Waals surface area contributed by atoms with Crippen LogP contribution in [0, 0.1) is 0 Å². The molecule has 1 aromatic carbocycles. The summed E-state index contributed by atoms with van der Waals surface area (Å²) in [5.74, 6) is 0.580. The van der Waals surface area contributed by atoms with E-state index in [1.54, 1.807) is 23.1 Å². The van der Waals surface area contributed by atoms with Crippen molar-refractivity contribution in [3.8, 4) is 5.75 Å². The molecule has 1 N–H and O–H groups in total. The van der Waals surface area contributed by atoms with Crippen LogP contribution < -0.4 is 10.1 Å². The van der Waals surface area contributed by atoms with Crippen molar-refractivity contribution in [3.05, 3.63) is 54.0 Å². The minimum atomic E-state index is -0.105. The summed E-state index contributed by atoms with van der Waals surface area (Å²) in [6, 6.07) is 8.97. The number of ether oxygens (including phenoxy) is 1. The second kappa shape index (κ2) is 8.56. The van der Waals surface area contributed by atoms with Gasteiger partial charge in [0.1, 0.15) is 12.0 Å². The molecule has 138 valence electrons. The molecule has 0 unspecified atom stereocenters. The van der Waals surface area contributed by atoms with Crippen LogP contribution in [0.5, 0.6) is 5.75 Å². The first kappa shape index (κ1) is 18.0. The summed E-state index contributed by atoms with van der Waals surface area (Å²) in [5.41, 5.74) is 1.16. The van der Waals surface area contributed by atoms with Gasteiger partial charge in [0.2, 0.25) is 0 Å². The number of likely N-dealkylation sites (tertiary alicyclic amines) is 1. The van der Waals surface area contributed by atoms with Gasteiger partial charge in [-0.3, -0.25) is 9.59 Å². The number of hydrogen-bond acceptors (Lipinski definition) is 4. The summed E-state index contributed by atoms with van der Waals surface area (Å²) in [6.45, 7) is 3.91. The third-order valence-electron chi connectivity index (χ3n) is 4.45. The molecular weight excluding hydrogens is 332 g/mol. The number of benzene rings is 1. The van der Waals surface area contributed by atoms with Crippen LogP contribution in [0.25, 0.3) is 0 Å². The Bertz CT molecular complexity index is 734. The van der Waals surface area contributed by atoms with E-state index in [1.165, 1.54) is 12.5 Å². The fraction of sp³-hybridized carbons (Fsp3) is 0.400. The molecule has 0 bridgehead atoms. The van der Waals surface area contributed by atoms with Crippen molar-refractivity contribution in [2.45, 2.75) is 32.2 Å². The van der Waals surface area contributed by atoms with Crippen molar-refractivity contribution in [3.63, 3.8) is 0 Å². The van der Waals surface area contributed by atoms with Crippen LogP contribution in [0.4, 0.5) is 0 Å². The normalized spacial score (nSPS) is 14.9. The third kappa shape index (κ3) is 4.45. The minimum Gasteiger partial charge on any atom is -0.494 e. The van der Waals surface area contributed by atoms with Crippen LogP contribution in [-0.2, 0) is 0 Å². The summed E-state index contributed by atoms with van der Waals surface area (Å²) >= 11 is 0. The molecule has 26 heavy (non-hydrogen) atoms. The van der Waals surface area contributed by atoms with Crippen LogP contribution >= 0.6 is 0 Å². The van der Waals surface area contributed by atoms with Gasteiger partial charge in [0, 0.05) is 24.7 Å². The Hall–Kier alpha value is -2.76. The number of carbonyl (C=O) groups is 2. The lowest BCUT2D eigenvalue weighted by molar-refractivity contribution is 0.0697. The van der Waals surface area contributed by atoms with Gasteiger partial charge >= 0.3 is 0 Å². The largest absolute Gasteiger partial charge is 0.494 e. The van der Waals surface area contributed by atoms with E-state index in [2.05, 4.69) is 5.32 Å². The number of nitrogens with zero attached hydrogens (tertiary/aromatic N) is 1. The first-order valence-electron chi connectivity index (χ1n) is 9.02. The van der Waals surface area contributed by atoms with E-state index < -0.39 is 0 Å². The summed E-state index contributed by atoms with van der Waals surface area (Å²) in [6.07, 6.45) is 5.36. The number of hydrogen-bond donors (Lipinski definition) is 1. The third-order valence-corrected chi connectivity index (χ3v) is 4.45. The SMILES string of the molecule is CCCOc1cccc(C(=O)NC2CCN(C(=O)c3ccoc3)CC2)c1. The van der Waals surface area contributed by atoms with E-state index >= 15 is 0 Å². The highest BCUT2D eigenvalue weighted by atomic mass is 16.5. The second-order valence-electron chi connectivity index (χ2n) is 6.43. The molecule has 6 heteroatoms. The fourth-order valence-electron chi connectivity index (χ4n) is 3.01. The van der Waals surface area contributed by atoms with Gasteiger partial charge in [0.05, 0.1) is 18.4 Å². The molecule has 0 radical (unpaired) electrons. The van der Waals surface area contributed by atoms with Gasteiger partial charge in [0.25, 0.3) is 11.8 Å². The highest BCUT2D eigenvalue weighted by Gasteiger charge is 2.25. The Morgan fingerprint density at radius 2 is 2.04 bits per heavy atom. The number of nitrogens with one attached hydrogen (secondary N) is 1.